The molecule has 2 amide bonds. The van der Waals surface area contributed by atoms with Crippen molar-refractivity contribution in [3.63, 3.8) is 0 Å². The Morgan fingerprint density at radius 3 is 2.42 bits per heavy atom. The summed E-state index contributed by atoms with van der Waals surface area (Å²) in [4.78, 5) is 12.4. The Morgan fingerprint density at radius 2 is 1.75 bits per heavy atom. The molecular weight excluding hydrogens is 314 g/mol. The number of nitrogens with one attached hydrogen (secondary N) is 2. The maximum atomic E-state index is 13.7. The lowest BCUT2D eigenvalue weighted by Gasteiger charge is -2.38. The molecule has 0 saturated carbocycles. The number of carbonyl (C=O) groups is 1. The van der Waals surface area contributed by atoms with E-state index in [2.05, 4.69) is 10.6 Å². The minimum atomic E-state index is -0.814. The zero-order valence-corrected chi connectivity index (χ0v) is 13.0. The van der Waals surface area contributed by atoms with E-state index >= 15 is 0 Å². The van der Waals surface area contributed by atoms with Crippen LogP contribution in [0.3, 0.4) is 0 Å². The van der Waals surface area contributed by atoms with Crippen molar-refractivity contribution in [1.29, 1.82) is 0 Å². The van der Waals surface area contributed by atoms with Crippen molar-refractivity contribution in [2.24, 2.45) is 0 Å². The first-order valence-corrected chi connectivity index (χ1v) is 7.77. The van der Waals surface area contributed by atoms with E-state index in [0.717, 1.165) is 17.7 Å². The second-order valence-corrected chi connectivity index (χ2v) is 5.76. The number of amides is 2. The Balaban J connectivity index is 1.79. The number of benzene rings is 2. The Labute approximate surface area is 138 Å². The second-order valence-electron chi connectivity index (χ2n) is 5.76. The van der Waals surface area contributed by atoms with Gasteiger partial charge in [0.25, 0.3) is 0 Å². The smallest absolute Gasteiger partial charge is 0.320 e. The van der Waals surface area contributed by atoms with Gasteiger partial charge in [-0.05, 0) is 30.5 Å². The van der Waals surface area contributed by atoms with Crippen LogP contribution in [0, 0.1) is 11.6 Å². The van der Waals surface area contributed by atoms with Crippen molar-refractivity contribution in [1.82, 2.24) is 5.32 Å². The lowest BCUT2D eigenvalue weighted by Crippen LogP contribution is -2.50. The van der Waals surface area contributed by atoms with Gasteiger partial charge in [0, 0.05) is 19.3 Å². The third-order valence-electron chi connectivity index (χ3n) is 4.20. The molecule has 6 heteroatoms. The predicted molar refractivity (Wildman–Crippen MR) is 86.7 cm³/mol. The predicted octanol–water partition coefficient (Wildman–Crippen LogP) is 3.79. The van der Waals surface area contributed by atoms with Crippen LogP contribution in [0.2, 0.25) is 0 Å². The molecule has 0 aromatic heterocycles. The summed E-state index contributed by atoms with van der Waals surface area (Å²) in [7, 11) is 0. The Morgan fingerprint density at radius 1 is 1.04 bits per heavy atom. The molecular formula is C18H18F2N2O2. The molecule has 2 N–H and O–H groups in total. The van der Waals surface area contributed by atoms with E-state index in [1.165, 1.54) is 6.07 Å². The van der Waals surface area contributed by atoms with Gasteiger partial charge < -0.3 is 15.4 Å². The van der Waals surface area contributed by atoms with E-state index < -0.39 is 23.2 Å². The molecule has 2 aromatic rings. The van der Waals surface area contributed by atoms with Crippen LogP contribution in [0.1, 0.15) is 18.4 Å². The first kappa shape index (κ1) is 16.4. The molecule has 2 aromatic carbocycles. The number of ether oxygens (including phenoxy) is 1. The molecule has 1 aliphatic rings. The van der Waals surface area contributed by atoms with E-state index in [1.54, 1.807) is 0 Å². The van der Waals surface area contributed by atoms with Crippen molar-refractivity contribution in [2.45, 2.75) is 18.4 Å². The van der Waals surface area contributed by atoms with Gasteiger partial charge in [-0.15, -0.1) is 0 Å². The average Bonchev–Trinajstić information content (AvgIpc) is 2.59. The van der Waals surface area contributed by atoms with Crippen molar-refractivity contribution in [3.8, 4) is 0 Å². The quantitative estimate of drug-likeness (QED) is 0.898. The van der Waals surface area contributed by atoms with Crippen LogP contribution in [0.25, 0.3) is 0 Å². The number of halogens is 2. The molecule has 0 spiro atoms. The van der Waals surface area contributed by atoms with Gasteiger partial charge in [0.15, 0.2) is 0 Å². The van der Waals surface area contributed by atoms with E-state index in [1.807, 2.05) is 30.3 Å². The zero-order valence-electron chi connectivity index (χ0n) is 13.0. The maximum Gasteiger partial charge on any atom is 0.320 e. The van der Waals surface area contributed by atoms with E-state index in [4.69, 9.17) is 4.74 Å². The van der Waals surface area contributed by atoms with Gasteiger partial charge in [-0.25, -0.2) is 13.6 Å². The first-order valence-electron chi connectivity index (χ1n) is 7.77. The number of urea groups is 1. The summed E-state index contributed by atoms with van der Waals surface area (Å²) in [6.07, 6.45) is 1.24. The first-order chi connectivity index (χ1) is 11.6. The second kappa shape index (κ2) is 6.97. The van der Waals surface area contributed by atoms with Gasteiger partial charge >= 0.3 is 6.03 Å². The third-order valence-corrected chi connectivity index (χ3v) is 4.20. The number of anilines is 1. The molecule has 3 rings (SSSR count). The highest BCUT2D eigenvalue weighted by Gasteiger charge is 2.36. The minimum Gasteiger partial charge on any atom is -0.381 e. The fraction of sp³-hybridized carbons (Fsp3) is 0.278. The van der Waals surface area contributed by atoms with Gasteiger partial charge in [-0.1, -0.05) is 30.3 Å². The van der Waals surface area contributed by atoms with Gasteiger partial charge in [0.1, 0.15) is 11.6 Å². The monoisotopic (exact) mass is 332 g/mol. The number of rotatable bonds is 3. The van der Waals surface area contributed by atoms with Crippen molar-refractivity contribution in [2.75, 3.05) is 18.5 Å². The van der Waals surface area contributed by atoms with Gasteiger partial charge in [-0.3, -0.25) is 0 Å². The molecule has 0 bridgehead atoms. The number of hydrogen-bond acceptors (Lipinski definition) is 2. The maximum absolute atomic E-state index is 13.7. The Kier molecular flexibility index (Phi) is 4.76. The van der Waals surface area contributed by atoms with Crippen LogP contribution < -0.4 is 10.6 Å². The summed E-state index contributed by atoms with van der Waals surface area (Å²) in [5, 5.41) is 5.40. The van der Waals surface area contributed by atoms with Crippen LogP contribution in [0.4, 0.5) is 19.3 Å². The van der Waals surface area contributed by atoms with E-state index in [-0.39, 0.29) is 5.69 Å². The van der Waals surface area contributed by atoms with Crippen molar-refractivity contribution in [3.05, 3.63) is 65.7 Å². The van der Waals surface area contributed by atoms with Crippen LogP contribution in [-0.4, -0.2) is 19.2 Å². The van der Waals surface area contributed by atoms with E-state index in [0.29, 0.717) is 26.1 Å². The molecule has 24 heavy (non-hydrogen) atoms. The summed E-state index contributed by atoms with van der Waals surface area (Å²) in [6, 6.07) is 12.1. The number of hydrogen-bond donors (Lipinski definition) is 2. The fourth-order valence-corrected chi connectivity index (χ4v) is 2.92. The Bertz CT molecular complexity index is 716. The highest BCUT2D eigenvalue weighted by Crippen LogP contribution is 2.32. The molecule has 0 aliphatic carbocycles. The highest BCUT2D eigenvalue weighted by atomic mass is 19.1. The largest absolute Gasteiger partial charge is 0.381 e. The number of carbonyl (C=O) groups excluding carboxylic acids is 1. The van der Waals surface area contributed by atoms with Crippen LogP contribution in [0.15, 0.2) is 48.5 Å². The van der Waals surface area contributed by atoms with Crippen molar-refractivity contribution >= 4 is 11.7 Å². The lowest BCUT2D eigenvalue weighted by atomic mass is 9.83. The highest BCUT2D eigenvalue weighted by molar-refractivity contribution is 5.90. The van der Waals surface area contributed by atoms with Crippen LogP contribution in [-0.2, 0) is 10.3 Å². The van der Waals surface area contributed by atoms with Gasteiger partial charge in [-0.2, -0.15) is 0 Å². The summed E-state index contributed by atoms with van der Waals surface area (Å²) in [5.74, 6) is -1.51. The van der Waals surface area contributed by atoms with Crippen molar-refractivity contribution < 1.29 is 18.3 Å². The molecule has 0 radical (unpaired) electrons. The molecule has 4 nitrogen and oxygen atoms in total. The molecule has 126 valence electrons. The van der Waals surface area contributed by atoms with Gasteiger partial charge in [0.2, 0.25) is 0 Å². The minimum absolute atomic E-state index is 0.0656. The lowest BCUT2D eigenvalue weighted by molar-refractivity contribution is 0.0418. The standard InChI is InChI=1S/C18H18F2N2O2/c19-14-6-7-16(15(20)12-14)21-17(23)22-18(8-10-24-11-9-18)13-4-2-1-3-5-13/h1-7,12H,8-11H2,(H2,21,22,23). The molecule has 1 fully saturated rings. The molecule has 1 saturated heterocycles. The summed E-state index contributed by atoms with van der Waals surface area (Å²) in [5.41, 5.74) is 0.340. The average molecular weight is 332 g/mol. The molecule has 0 unspecified atom stereocenters. The van der Waals surface area contributed by atoms with Crippen LogP contribution >= 0.6 is 0 Å². The van der Waals surface area contributed by atoms with Gasteiger partial charge in [0.05, 0.1) is 11.2 Å². The summed E-state index contributed by atoms with van der Waals surface area (Å²) >= 11 is 0. The molecule has 1 aliphatic heterocycles. The summed E-state index contributed by atoms with van der Waals surface area (Å²) in [6.45, 7) is 1.06. The SMILES string of the molecule is O=C(Nc1ccc(F)cc1F)NC1(c2ccccc2)CCOCC1. The Hall–Kier alpha value is -2.47. The fourth-order valence-electron chi connectivity index (χ4n) is 2.92. The third kappa shape index (κ3) is 3.54. The zero-order chi connectivity index (χ0) is 17.0. The molecule has 1 heterocycles. The normalized spacial score (nSPS) is 16.4. The van der Waals surface area contributed by atoms with Crippen LogP contribution in [0.5, 0.6) is 0 Å². The summed E-state index contributed by atoms with van der Waals surface area (Å²) < 4.78 is 32.1. The van der Waals surface area contributed by atoms with E-state index in [9.17, 15) is 13.6 Å². The molecule has 0 atom stereocenters. The topological polar surface area (TPSA) is 50.4 Å².